The number of aliphatic hydroxyl groups is 1. The van der Waals surface area contributed by atoms with Crippen molar-refractivity contribution >= 4 is 0 Å². The van der Waals surface area contributed by atoms with Crippen LogP contribution in [-0.2, 0) is 0 Å². The second-order valence-corrected chi connectivity index (χ2v) is 11.2. The van der Waals surface area contributed by atoms with Crippen LogP contribution in [0.3, 0.4) is 0 Å². The monoisotopic (exact) mass is 374 g/mol. The minimum absolute atomic E-state index is 0.664. The van der Waals surface area contributed by atoms with E-state index in [0.717, 1.165) is 29.9 Å². The van der Waals surface area contributed by atoms with E-state index in [2.05, 4.69) is 34.3 Å². The second kappa shape index (κ2) is 8.11. The molecule has 0 spiro atoms. The van der Waals surface area contributed by atoms with Crippen molar-refractivity contribution in [3.05, 3.63) is 12.8 Å². The highest BCUT2D eigenvalue weighted by Crippen LogP contribution is 2.70. The van der Waals surface area contributed by atoms with Crippen LogP contribution in [0.15, 0.2) is 12.8 Å². The summed E-state index contributed by atoms with van der Waals surface area (Å²) in [5.41, 5.74) is 2.03. The van der Waals surface area contributed by atoms with Crippen molar-refractivity contribution < 1.29 is 5.11 Å². The van der Waals surface area contributed by atoms with Crippen LogP contribution in [-0.4, -0.2) is 5.11 Å². The third kappa shape index (κ3) is 3.40. The first-order valence-corrected chi connectivity index (χ1v) is 12.1. The number of unbranched alkanes of at least 4 members (excludes halogenated alkanes) is 1. The van der Waals surface area contributed by atoms with Crippen molar-refractivity contribution in [1.82, 2.24) is 0 Å². The molecule has 4 fully saturated rings. The molecular weight excluding hydrogens is 328 g/mol. The second-order valence-electron chi connectivity index (χ2n) is 11.2. The van der Waals surface area contributed by atoms with E-state index in [4.69, 9.17) is 5.11 Å². The Kier molecular flexibility index (Phi) is 6.39. The molecule has 1 N–H and O–H groups in total. The zero-order valence-electron chi connectivity index (χ0n) is 18.7. The Morgan fingerprint density at radius 3 is 2.33 bits per heavy atom. The number of hydrogen-bond donors (Lipinski definition) is 1. The van der Waals surface area contributed by atoms with E-state index in [1.54, 1.807) is 32.1 Å². The molecule has 0 saturated heterocycles. The van der Waals surface area contributed by atoms with Crippen LogP contribution in [0.4, 0.5) is 0 Å². The highest BCUT2D eigenvalue weighted by Gasteiger charge is 2.62. The smallest absolute Gasteiger partial charge is 0.0719 e. The maximum atomic E-state index is 7.33. The van der Waals surface area contributed by atoms with E-state index in [1.165, 1.54) is 51.4 Å². The largest absolute Gasteiger partial charge is 0.516 e. The quantitative estimate of drug-likeness (QED) is 0.492. The highest BCUT2D eigenvalue weighted by atomic mass is 16.2. The van der Waals surface area contributed by atoms with Gasteiger partial charge in [0.05, 0.1) is 6.26 Å². The number of fused-ring (bicyclic) bond motifs is 5. The predicted molar refractivity (Wildman–Crippen MR) is 117 cm³/mol. The molecule has 2 unspecified atom stereocenters. The fraction of sp³-hybridized carbons (Fsp3) is 0.923. The third-order valence-electron chi connectivity index (χ3n) is 10.4. The van der Waals surface area contributed by atoms with Gasteiger partial charge in [0.1, 0.15) is 0 Å². The lowest BCUT2D eigenvalue weighted by atomic mass is 9.40. The molecule has 156 valence electrons. The summed E-state index contributed by atoms with van der Waals surface area (Å²) in [6, 6.07) is 0. The van der Waals surface area contributed by atoms with Crippen molar-refractivity contribution in [2.24, 2.45) is 39.9 Å². The van der Waals surface area contributed by atoms with Crippen LogP contribution < -0.4 is 0 Å². The van der Waals surface area contributed by atoms with E-state index in [1.807, 2.05) is 0 Å². The van der Waals surface area contributed by atoms with Crippen LogP contribution in [0.2, 0.25) is 0 Å². The Bertz CT molecular complexity index is 512. The van der Waals surface area contributed by atoms with Crippen LogP contribution in [0.5, 0.6) is 0 Å². The van der Waals surface area contributed by atoms with Gasteiger partial charge in [0.15, 0.2) is 0 Å². The standard InChI is InChI=1S/C24H42.C2H4O/c1-5-6-9-18-10-11-20-19-12-16-22(2)14-7-8-15-24(22,4)21(19)13-17-23(18,20)3;1-2-3/h18-21H,5-17H2,1-4H3;2-3H,1H2/t18-,19-,20?,21?,22-,23+,24+;/m0./s1. The van der Waals surface area contributed by atoms with Gasteiger partial charge in [0.2, 0.25) is 0 Å². The van der Waals surface area contributed by atoms with Crippen LogP contribution in [0, 0.1) is 39.9 Å². The van der Waals surface area contributed by atoms with Gasteiger partial charge in [-0.25, -0.2) is 0 Å². The van der Waals surface area contributed by atoms with E-state index in [-0.39, 0.29) is 0 Å². The Balaban J connectivity index is 0.000000659. The van der Waals surface area contributed by atoms with Gasteiger partial charge in [-0.3, -0.25) is 0 Å². The summed E-state index contributed by atoms with van der Waals surface area (Å²) in [7, 11) is 0. The van der Waals surface area contributed by atoms with Gasteiger partial charge in [0, 0.05) is 0 Å². The summed E-state index contributed by atoms with van der Waals surface area (Å²) in [5, 5.41) is 7.33. The van der Waals surface area contributed by atoms with Crippen LogP contribution >= 0.6 is 0 Å². The first-order chi connectivity index (χ1) is 12.9. The third-order valence-corrected chi connectivity index (χ3v) is 10.4. The molecule has 0 aromatic rings. The van der Waals surface area contributed by atoms with E-state index < -0.39 is 0 Å². The molecule has 0 bridgehead atoms. The van der Waals surface area contributed by atoms with Crippen LogP contribution in [0.25, 0.3) is 0 Å². The molecule has 4 saturated carbocycles. The number of aliphatic hydroxyl groups excluding tert-OH is 1. The van der Waals surface area contributed by atoms with Crippen molar-refractivity contribution in [2.75, 3.05) is 0 Å². The van der Waals surface area contributed by atoms with Gasteiger partial charge in [-0.2, -0.15) is 0 Å². The molecule has 4 rings (SSSR count). The van der Waals surface area contributed by atoms with Gasteiger partial charge in [0.25, 0.3) is 0 Å². The molecule has 4 aliphatic rings. The average molecular weight is 375 g/mol. The van der Waals surface area contributed by atoms with E-state index in [9.17, 15) is 0 Å². The molecule has 0 aliphatic heterocycles. The Morgan fingerprint density at radius 1 is 0.926 bits per heavy atom. The lowest BCUT2D eigenvalue weighted by Gasteiger charge is -2.64. The van der Waals surface area contributed by atoms with Crippen LogP contribution in [0.1, 0.15) is 111 Å². The van der Waals surface area contributed by atoms with Crippen molar-refractivity contribution in [2.45, 2.75) is 111 Å². The minimum Gasteiger partial charge on any atom is -0.516 e. The first kappa shape index (κ1) is 21.3. The Morgan fingerprint density at radius 2 is 1.63 bits per heavy atom. The van der Waals surface area contributed by atoms with Crippen molar-refractivity contribution in [3.8, 4) is 0 Å². The van der Waals surface area contributed by atoms with E-state index >= 15 is 0 Å². The van der Waals surface area contributed by atoms with Gasteiger partial charge in [-0.05, 0) is 97.7 Å². The highest BCUT2D eigenvalue weighted by molar-refractivity contribution is 5.11. The fourth-order valence-electron chi connectivity index (χ4n) is 8.64. The molecule has 0 amide bonds. The van der Waals surface area contributed by atoms with Crippen molar-refractivity contribution in [3.63, 3.8) is 0 Å². The number of rotatable bonds is 3. The zero-order valence-corrected chi connectivity index (χ0v) is 18.7. The fourth-order valence-corrected chi connectivity index (χ4v) is 8.64. The molecule has 0 aromatic carbocycles. The summed E-state index contributed by atoms with van der Waals surface area (Å²) in [6.07, 6.45) is 20.5. The zero-order chi connectivity index (χ0) is 19.7. The lowest BCUT2D eigenvalue weighted by Crippen LogP contribution is -2.56. The molecule has 1 nitrogen and oxygen atoms in total. The molecule has 27 heavy (non-hydrogen) atoms. The summed E-state index contributed by atoms with van der Waals surface area (Å²) in [4.78, 5) is 0. The molecular formula is C26H46O. The Labute approximate surface area is 169 Å². The topological polar surface area (TPSA) is 20.2 Å². The molecule has 4 aliphatic carbocycles. The molecule has 0 radical (unpaired) electrons. The molecule has 0 aromatic heterocycles. The summed E-state index contributed by atoms with van der Waals surface area (Å²) >= 11 is 0. The van der Waals surface area contributed by atoms with E-state index in [0.29, 0.717) is 16.2 Å². The normalized spacial score (nSPS) is 48.4. The maximum Gasteiger partial charge on any atom is 0.0719 e. The molecule has 0 heterocycles. The molecule has 7 atom stereocenters. The summed E-state index contributed by atoms with van der Waals surface area (Å²) in [6.45, 7) is 13.4. The summed E-state index contributed by atoms with van der Waals surface area (Å²) < 4.78 is 0. The average Bonchev–Trinajstić information content (AvgIpc) is 2.97. The first-order valence-electron chi connectivity index (χ1n) is 12.1. The minimum atomic E-state index is 0.664. The number of hydrogen-bond acceptors (Lipinski definition) is 1. The van der Waals surface area contributed by atoms with Gasteiger partial charge in [-0.1, -0.05) is 60.0 Å². The predicted octanol–water partition coefficient (Wildman–Crippen LogP) is 8.30. The Hall–Kier alpha value is -0.460. The SMILES string of the molecule is C=CO.CCCC[C@H]1CCC2[C@@H]3CC[C@]4(C)CCCC[C@]4(C)C3CC[C@@]21C. The summed E-state index contributed by atoms with van der Waals surface area (Å²) in [5.74, 6) is 4.25. The lowest BCUT2D eigenvalue weighted by molar-refractivity contribution is -0.152. The van der Waals surface area contributed by atoms with Gasteiger partial charge in [-0.15, -0.1) is 0 Å². The van der Waals surface area contributed by atoms with Crippen molar-refractivity contribution in [1.29, 1.82) is 0 Å². The molecule has 1 heteroatoms. The maximum absolute atomic E-state index is 7.33. The van der Waals surface area contributed by atoms with Gasteiger partial charge >= 0.3 is 0 Å². The van der Waals surface area contributed by atoms with Gasteiger partial charge < -0.3 is 5.11 Å².